The summed E-state index contributed by atoms with van der Waals surface area (Å²) in [6, 6.07) is 6.04. The lowest BCUT2D eigenvalue weighted by Gasteiger charge is -2.19. The third kappa shape index (κ3) is 4.00. The quantitative estimate of drug-likeness (QED) is 0.824. The highest BCUT2D eigenvalue weighted by Gasteiger charge is 2.08. The Hall–Kier alpha value is -1.03. The minimum absolute atomic E-state index is 0.782. The molecule has 1 fully saturated rings. The van der Waals surface area contributed by atoms with Gasteiger partial charge >= 0.3 is 0 Å². The van der Waals surface area contributed by atoms with E-state index in [-0.39, 0.29) is 0 Å². The van der Waals surface area contributed by atoms with Gasteiger partial charge in [0.2, 0.25) is 0 Å². The molecule has 114 valence electrons. The number of halogens is 1. The number of hydrogen-bond donors (Lipinski definition) is 2. The molecule has 1 aromatic heterocycles. The van der Waals surface area contributed by atoms with Crippen LogP contribution >= 0.6 is 11.6 Å². The molecule has 0 spiro atoms. The van der Waals surface area contributed by atoms with Crippen molar-refractivity contribution >= 4 is 22.5 Å². The Bertz CT molecular complexity index is 570. The first-order chi connectivity index (χ1) is 10.3. The molecular formula is C17H24ClN3. The van der Waals surface area contributed by atoms with Gasteiger partial charge in [0.25, 0.3) is 0 Å². The molecule has 1 saturated heterocycles. The molecule has 0 unspecified atom stereocenters. The molecule has 0 saturated carbocycles. The smallest absolute Gasteiger partial charge is 0.0472 e. The van der Waals surface area contributed by atoms with Crippen molar-refractivity contribution in [3.05, 3.63) is 35.0 Å². The van der Waals surface area contributed by atoms with Crippen molar-refractivity contribution < 1.29 is 0 Å². The van der Waals surface area contributed by atoms with Crippen LogP contribution in [0.5, 0.6) is 0 Å². The lowest BCUT2D eigenvalue weighted by atomic mass is 10.2. The van der Waals surface area contributed by atoms with Crippen LogP contribution in [0, 0.1) is 0 Å². The predicted octanol–water partition coefficient (Wildman–Crippen LogP) is 3.79. The highest BCUT2D eigenvalue weighted by molar-refractivity contribution is 6.31. The largest absolute Gasteiger partial charge is 0.361 e. The van der Waals surface area contributed by atoms with Crippen molar-refractivity contribution in [3.8, 4) is 0 Å². The van der Waals surface area contributed by atoms with Crippen molar-refractivity contribution in [1.82, 2.24) is 15.2 Å². The summed E-state index contributed by atoms with van der Waals surface area (Å²) in [7, 11) is 0. The van der Waals surface area contributed by atoms with Crippen LogP contribution in [0.2, 0.25) is 5.02 Å². The summed E-state index contributed by atoms with van der Waals surface area (Å²) in [5.74, 6) is 0. The van der Waals surface area contributed by atoms with Crippen LogP contribution in [0.25, 0.3) is 10.9 Å². The second kappa shape index (κ2) is 7.30. The standard InChI is InChI=1S/C17H24ClN3/c18-15-5-6-16-14(13-20-17(16)11-15)12-19-7-10-21-8-3-1-2-4-9-21/h5-6,11,13,19-20H,1-4,7-10,12H2. The maximum Gasteiger partial charge on any atom is 0.0472 e. The maximum absolute atomic E-state index is 6.01. The van der Waals surface area contributed by atoms with Gasteiger partial charge in [-0.3, -0.25) is 0 Å². The second-order valence-corrected chi connectivity index (χ2v) is 6.37. The Morgan fingerprint density at radius 1 is 1.14 bits per heavy atom. The number of rotatable bonds is 5. The summed E-state index contributed by atoms with van der Waals surface area (Å²) in [5, 5.41) is 5.62. The highest BCUT2D eigenvalue weighted by atomic mass is 35.5. The molecule has 0 aliphatic carbocycles. The van der Waals surface area contributed by atoms with Crippen LogP contribution in [0.1, 0.15) is 31.2 Å². The number of fused-ring (bicyclic) bond motifs is 1. The van der Waals surface area contributed by atoms with E-state index in [0.29, 0.717) is 0 Å². The molecule has 1 aliphatic rings. The molecule has 0 atom stereocenters. The number of likely N-dealkylation sites (tertiary alicyclic amines) is 1. The average molecular weight is 306 g/mol. The van der Waals surface area contributed by atoms with E-state index in [2.05, 4.69) is 27.5 Å². The van der Waals surface area contributed by atoms with Crippen LogP contribution in [-0.4, -0.2) is 36.1 Å². The first-order valence-electron chi connectivity index (χ1n) is 8.01. The van der Waals surface area contributed by atoms with Gasteiger partial charge in [-0.2, -0.15) is 0 Å². The van der Waals surface area contributed by atoms with Crippen molar-refractivity contribution in [2.45, 2.75) is 32.2 Å². The summed E-state index contributed by atoms with van der Waals surface area (Å²) < 4.78 is 0. The van der Waals surface area contributed by atoms with Gasteiger partial charge in [-0.25, -0.2) is 0 Å². The van der Waals surface area contributed by atoms with Crippen LogP contribution in [0.15, 0.2) is 24.4 Å². The summed E-state index contributed by atoms with van der Waals surface area (Å²) in [6.07, 6.45) is 7.62. The van der Waals surface area contributed by atoms with E-state index in [1.165, 1.54) is 49.7 Å². The van der Waals surface area contributed by atoms with Gasteiger partial charge in [0.15, 0.2) is 0 Å². The molecule has 0 bridgehead atoms. The second-order valence-electron chi connectivity index (χ2n) is 5.94. The Kier molecular flexibility index (Phi) is 5.17. The van der Waals surface area contributed by atoms with Gasteiger partial charge in [-0.05, 0) is 43.6 Å². The number of aromatic amines is 1. The average Bonchev–Trinajstić information content (AvgIpc) is 2.71. The maximum atomic E-state index is 6.01. The van der Waals surface area contributed by atoms with Crippen LogP contribution in [0.4, 0.5) is 0 Å². The SMILES string of the molecule is Clc1ccc2c(CNCCN3CCCCCC3)c[nH]c2c1. The van der Waals surface area contributed by atoms with E-state index in [4.69, 9.17) is 11.6 Å². The first kappa shape index (κ1) is 14.9. The molecule has 1 aliphatic heterocycles. The normalized spacial score (nSPS) is 17.2. The Morgan fingerprint density at radius 3 is 2.76 bits per heavy atom. The van der Waals surface area contributed by atoms with Crippen molar-refractivity contribution in [2.24, 2.45) is 0 Å². The van der Waals surface area contributed by atoms with Crippen LogP contribution in [0.3, 0.4) is 0 Å². The molecule has 2 N–H and O–H groups in total. The molecule has 21 heavy (non-hydrogen) atoms. The Balaban J connectivity index is 1.48. The highest BCUT2D eigenvalue weighted by Crippen LogP contribution is 2.21. The molecular weight excluding hydrogens is 282 g/mol. The van der Waals surface area contributed by atoms with Gasteiger partial charge in [0.05, 0.1) is 0 Å². The summed E-state index contributed by atoms with van der Waals surface area (Å²) in [6.45, 7) is 5.67. The van der Waals surface area contributed by atoms with Gasteiger partial charge in [-0.1, -0.05) is 30.5 Å². The summed E-state index contributed by atoms with van der Waals surface area (Å²) in [4.78, 5) is 5.88. The lowest BCUT2D eigenvalue weighted by molar-refractivity contribution is 0.284. The van der Waals surface area contributed by atoms with Gasteiger partial charge < -0.3 is 15.2 Å². The summed E-state index contributed by atoms with van der Waals surface area (Å²) >= 11 is 6.01. The van der Waals surface area contributed by atoms with Gasteiger partial charge in [-0.15, -0.1) is 0 Å². The molecule has 4 heteroatoms. The van der Waals surface area contributed by atoms with E-state index in [9.17, 15) is 0 Å². The monoisotopic (exact) mass is 305 g/mol. The van der Waals surface area contributed by atoms with E-state index in [0.717, 1.165) is 30.2 Å². The van der Waals surface area contributed by atoms with E-state index < -0.39 is 0 Å². The molecule has 1 aromatic carbocycles. The van der Waals surface area contributed by atoms with Crippen molar-refractivity contribution in [2.75, 3.05) is 26.2 Å². The van der Waals surface area contributed by atoms with Gasteiger partial charge in [0, 0.05) is 41.8 Å². The zero-order valence-corrected chi connectivity index (χ0v) is 13.3. The zero-order chi connectivity index (χ0) is 14.5. The van der Waals surface area contributed by atoms with Crippen LogP contribution < -0.4 is 5.32 Å². The minimum atomic E-state index is 0.782. The van der Waals surface area contributed by atoms with Gasteiger partial charge in [0.1, 0.15) is 0 Å². The van der Waals surface area contributed by atoms with E-state index in [1.807, 2.05) is 12.1 Å². The first-order valence-corrected chi connectivity index (χ1v) is 8.39. The minimum Gasteiger partial charge on any atom is -0.361 e. The number of hydrogen-bond acceptors (Lipinski definition) is 2. The lowest BCUT2D eigenvalue weighted by Crippen LogP contribution is -2.32. The van der Waals surface area contributed by atoms with Crippen molar-refractivity contribution in [1.29, 1.82) is 0 Å². The molecule has 0 radical (unpaired) electrons. The fraction of sp³-hybridized carbons (Fsp3) is 0.529. The molecule has 3 nitrogen and oxygen atoms in total. The number of H-pyrrole nitrogens is 1. The van der Waals surface area contributed by atoms with Crippen molar-refractivity contribution in [3.63, 3.8) is 0 Å². The van der Waals surface area contributed by atoms with E-state index in [1.54, 1.807) is 0 Å². The Labute approximate surface area is 131 Å². The fourth-order valence-electron chi connectivity index (χ4n) is 3.12. The fourth-order valence-corrected chi connectivity index (χ4v) is 3.30. The topological polar surface area (TPSA) is 31.1 Å². The molecule has 0 amide bonds. The van der Waals surface area contributed by atoms with E-state index >= 15 is 0 Å². The predicted molar refractivity (Wildman–Crippen MR) is 89.9 cm³/mol. The molecule has 2 heterocycles. The third-order valence-electron chi connectivity index (χ3n) is 4.35. The number of aromatic nitrogens is 1. The summed E-state index contributed by atoms with van der Waals surface area (Å²) in [5.41, 5.74) is 2.43. The van der Waals surface area contributed by atoms with Crippen LogP contribution in [-0.2, 0) is 6.54 Å². The zero-order valence-electron chi connectivity index (χ0n) is 12.5. The number of nitrogens with one attached hydrogen (secondary N) is 2. The Morgan fingerprint density at radius 2 is 1.95 bits per heavy atom. The number of nitrogens with zero attached hydrogens (tertiary/aromatic N) is 1. The molecule has 3 rings (SSSR count). The number of benzene rings is 1. The molecule has 2 aromatic rings. The third-order valence-corrected chi connectivity index (χ3v) is 4.58.